The fourth-order valence-electron chi connectivity index (χ4n) is 1.88. The van der Waals surface area contributed by atoms with Gasteiger partial charge in [-0.1, -0.05) is 11.6 Å². The minimum absolute atomic E-state index is 0.143. The van der Waals surface area contributed by atoms with E-state index >= 15 is 0 Å². The van der Waals surface area contributed by atoms with Gasteiger partial charge in [0.1, 0.15) is 0 Å². The summed E-state index contributed by atoms with van der Waals surface area (Å²) in [6, 6.07) is 4.88. The molecule has 21 heavy (non-hydrogen) atoms. The summed E-state index contributed by atoms with van der Waals surface area (Å²) >= 11 is 10.8. The first-order chi connectivity index (χ1) is 9.71. The molecule has 114 valence electrons. The Hall–Kier alpha value is -0.600. The predicted octanol–water partition coefficient (Wildman–Crippen LogP) is 3.88. The highest BCUT2D eigenvalue weighted by molar-refractivity contribution is 9.11. The van der Waals surface area contributed by atoms with Gasteiger partial charge in [0.2, 0.25) is 10.0 Å². The van der Waals surface area contributed by atoms with Crippen molar-refractivity contribution in [3.63, 3.8) is 0 Å². The molecule has 0 amide bonds. The lowest BCUT2D eigenvalue weighted by Gasteiger charge is -2.19. The smallest absolute Gasteiger partial charge is 0.243 e. The average molecular weight is 410 g/mol. The van der Waals surface area contributed by atoms with Crippen LogP contribution in [0.2, 0.25) is 5.02 Å². The number of sulfonamides is 1. The molecule has 0 aliphatic rings. The van der Waals surface area contributed by atoms with E-state index in [2.05, 4.69) is 15.9 Å². The van der Waals surface area contributed by atoms with E-state index in [1.807, 2.05) is 11.4 Å². The average Bonchev–Trinajstić information content (AvgIpc) is 2.79. The maximum atomic E-state index is 12.7. The van der Waals surface area contributed by atoms with Crippen molar-refractivity contribution in [2.75, 3.05) is 12.8 Å². The number of rotatable bonds is 4. The summed E-state index contributed by atoms with van der Waals surface area (Å²) in [7, 11) is -2.11. The Morgan fingerprint density at radius 1 is 1.38 bits per heavy atom. The fraction of sp³-hybridized carbons (Fsp3) is 0.231. The molecule has 0 atom stereocenters. The Bertz CT molecular complexity index is 774. The molecule has 1 heterocycles. The normalized spacial score (nSPS) is 12.0. The minimum atomic E-state index is -3.65. The third kappa shape index (κ3) is 3.60. The molecule has 1 aromatic carbocycles. The van der Waals surface area contributed by atoms with E-state index in [-0.39, 0.29) is 11.4 Å². The van der Waals surface area contributed by atoms with Crippen LogP contribution in [0.15, 0.2) is 32.3 Å². The maximum Gasteiger partial charge on any atom is 0.243 e. The molecule has 2 N–H and O–H groups in total. The van der Waals surface area contributed by atoms with Crippen LogP contribution in [0, 0.1) is 6.92 Å². The van der Waals surface area contributed by atoms with Crippen LogP contribution in [0.3, 0.4) is 0 Å². The van der Waals surface area contributed by atoms with Crippen molar-refractivity contribution in [3.8, 4) is 0 Å². The van der Waals surface area contributed by atoms with Gasteiger partial charge in [0.15, 0.2) is 0 Å². The molecule has 0 unspecified atom stereocenters. The Labute approximate surface area is 141 Å². The lowest BCUT2D eigenvalue weighted by Crippen LogP contribution is -2.27. The van der Waals surface area contributed by atoms with Gasteiger partial charge >= 0.3 is 0 Å². The highest BCUT2D eigenvalue weighted by Gasteiger charge is 2.24. The zero-order valence-corrected chi connectivity index (χ0v) is 15.4. The van der Waals surface area contributed by atoms with Gasteiger partial charge in [-0.3, -0.25) is 0 Å². The van der Waals surface area contributed by atoms with E-state index in [0.29, 0.717) is 16.3 Å². The quantitative estimate of drug-likeness (QED) is 0.780. The van der Waals surface area contributed by atoms with E-state index in [0.717, 1.165) is 9.35 Å². The Kier molecular flexibility index (Phi) is 4.99. The van der Waals surface area contributed by atoms with Crippen molar-refractivity contribution in [2.24, 2.45) is 0 Å². The molecule has 4 nitrogen and oxygen atoms in total. The second kappa shape index (κ2) is 6.26. The van der Waals surface area contributed by atoms with E-state index in [4.69, 9.17) is 17.3 Å². The second-order valence-electron chi connectivity index (χ2n) is 4.64. The molecular weight excluding hydrogens is 396 g/mol. The van der Waals surface area contributed by atoms with Crippen LogP contribution < -0.4 is 5.73 Å². The molecule has 0 aliphatic heterocycles. The number of nitrogen functional groups attached to an aromatic ring is 1. The van der Waals surface area contributed by atoms with Gasteiger partial charge in [-0.2, -0.15) is 4.31 Å². The molecule has 2 aromatic rings. The number of anilines is 1. The predicted molar refractivity (Wildman–Crippen MR) is 91.3 cm³/mol. The fourth-order valence-corrected chi connectivity index (χ4v) is 4.81. The third-order valence-electron chi connectivity index (χ3n) is 3.08. The van der Waals surface area contributed by atoms with Crippen molar-refractivity contribution in [1.82, 2.24) is 4.31 Å². The number of benzene rings is 1. The van der Waals surface area contributed by atoms with Crippen molar-refractivity contribution < 1.29 is 8.42 Å². The Morgan fingerprint density at radius 3 is 2.62 bits per heavy atom. The van der Waals surface area contributed by atoms with Crippen LogP contribution in [-0.4, -0.2) is 19.8 Å². The van der Waals surface area contributed by atoms with Crippen molar-refractivity contribution >= 4 is 54.6 Å². The number of hydrogen-bond donors (Lipinski definition) is 1. The largest absolute Gasteiger partial charge is 0.398 e. The standard InChI is InChI=1S/C13H14BrClN2O2S2/c1-8-11(16)4-10(15)5-12(8)21(18,19)17(2)6-9-3-13(14)20-7-9/h3-5,7H,6,16H2,1-2H3. The van der Waals surface area contributed by atoms with Crippen LogP contribution in [0.25, 0.3) is 0 Å². The molecule has 0 saturated heterocycles. The zero-order valence-electron chi connectivity index (χ0n) is 11.4. The Morgan fingerprint density at radius 2 is 2.05 bits per heavy atom. The van der Waals surface area contributed by atoms with Gasteiger partial charge in [-0.05, 0) is 57.6 Å². The summed E-state index contributed by atoms with van der Waals surface area (Å²) in [6.45, 7) is 1.96. The van der Waals surface area contributed by atoms with E-state index in [1.165, 1.54) is 28.8 Å². The molecule has 0 bridgehead atoms. The maximum absolute atomic E-state index is 12.7. The summed E-state index contributed by atoms with van der Waals surface area (Å²) in [6.07, 6.45) is 0. The van der Waals surface area contributed by atoms with Crippen LogP contribution >= 0.6 is 38.9 Å². The number of nitrogens with two attached hydrogens (primary N) is 1. The molecule has 8 heteroatoms. The number of nitrogens with zero attached hydrogens (tertiary/aromatic N) is 1. The number of hydrogen-bond acceptors (Lipinski definition) is 4. The van der Waals surface area contributed by atoms with E-state index < -0.39 is 10.0 Å². The summed E-state index contributed by atoms with van der Waals surface area (Å²) in [5, 5.41) is 2.22. The first-order valence-electron chi connectivity index (χ1n) is 5.96. The zero-order chi connectivity index (χ0) is 15.8. The first-order valence-corrected chi connectivity index (χ1v) is 9.45. The Balaban J connectivity index is 2.37. The number of halogens is 2. The highest BCUT2D eigenvalue weighted by Crippen LogP contribution is 2.29. The number of thiophene rings is 1. The van der Waals surface area contributed by atoms with Crippen LogP contribution in [0.1, 0.15) is 11.1 Å². The minimum Gasteiger partial charge on any atom is -0.398 e. The molecule has 0 fully saturated rings. The SMILES string of the molecule is Cc1c(N)cc(Cl)cc1S(=O)(=O)N(C)Cc1csc(Br)c1. The van der Waals surface area contributed by atoms with Gasteiger partial charge < -0.3 is 5.73 Å². The van der Waals surface area contributed by atoms with Crippen molar-refractivity contribution in [1.29, 1.82) is 0 Å². The molecule has 0 aliphatic carbocycles. The molecule has 2 rings (SSSR count). The van der Waals surface area contributed by atoms with Crippen LogP contribution in [0.5, 0.6) is 0 Å². The lowest BCUT2D eigenvalue weighted by molar-refractivity contribution is 0.467. The van der Waals surface area contributed by atoms with E-state index in [9.17, 15) is 8.42 Å². The molecule has 0 saturated carbocycles. The van der Waals surface area contributed by atoms with Gasteiger partial charge in [-0.15, -0.1) is 11.3 Å². The molecule has 0 radical (unpaired) electrons. The first kappa shape index (κ1) is 16.8. The summed E-state index contributed by atoms with van der Waals surface area (Å²) in [4.78, 5) is 0.143. The lowest BCUT2D eigenvalue weighted by atomic mass is 10.2. The van der Waals surface area contributed by atoms with Crippen LogP contribution in [0.4, 0.5) is 5.69 Å². The summed E-state index contributed by atoms with van der Waals surface area (Å²) in [5.41, 5.74) is 7.60. The van der Waals surface area contributed by atoms with Gasteiger partial charge in [0.25, 0.3) is 0 Å². The van der Waals surface area contributed by atoms with E-state index in [1.54, 1.807) is 13.0 Å². The van der Waals surface area contributed by atoms with Crippen molar-refractivity contribution in [3.05, 3.63) is 43.5 Å². The molecular formula is C13H14BrClN2O2S2. The topological polar surface area (TPSA) is 63.4 Å². The van der Waals surface area contributed by atoms with Gasteiger partial charge in [-0.25, -0.2) is 8.42 Å². The van der Waals surface area contributed by atoms with Crippen LogP contribution in [-0.2, 0) is 16.6 Å². The van der Waals surface area contributed by atoms with Crippen molar-refractivity contribution in [2.45, 2.75) is 18.4 Å². The molecule has 0 spiro atoms. The second-order valence-corrected chi connectivity index (χ2v) is 9.38. The molecule has 1 aromatic heterocycles. The van der Waals surface area contributed by atoms with Gasteiger partial charge in [0, 0.05) is 24.3 Å². The monoisotopic (exact) mass is 408 g/mol. The highest BCUT2D eigenvalue weighted by atomic mass is 79.9. The summed E-state index contributed by atoms with van der Waals surface area (Å²) < 4.78 is 27.6. The summed E-state index contributed by atoms with van der Waals surface area (Å²) in [5.74, 6) is 0. The third-order valence-corrected chi connectivity index (χ3v) is 6.78. The van der Waals surface area contributed by atoms with Gasteiger partial charge in [0.05, 0.1) is 8.68 Å².